The van der Waals surface area contributed by atoms with Crippen LogP contribution in [0.25, 0.3) is 21.1 Å². The number of methoxy groups -OCH3 is 1. The Balaban J connectivity index is 1.35. The fraction of sp³-hybridized carbons (Fsp3) is 0.190. The highest BCUT2D eigenvalue weighted by Gasteiger charge is 2.14. The summed E-state index contributed by atoms with van der Waals surface area (Å²) >= 11 is 1.43. The van der Waals surface area contributed by atoms with Gasteiger partial charge in [0.2, 0.25) is 5.91 Å². The minimum absolute atomic E-state index is 0.166. The molecule has 0 atom stereocenters. The Morgan fingerprint density at radius 1 is 1.17 bits per heavy atom. The van der Waals surface area contributed by atoms with Crippen LogP contribution in [-0.2, 0) is 11.8 Å². The van der Waals surface area contributed by atoms with E-state index in [4.69, 9.17) is 4.74 Å². The average Bonchev–Trinajstić information content (AvgIpc) is 3.27. The summed E-state index contributed by atoms with van der Waals surface area (Å²) in [4.78, 5) is 29.1. The summed E-state index contributed by atoms with van der Waals surface area (Å²) < 4.78 is 8.07. The van der Waals surface area contributed by atoms with Crippen LogP contribution < -0.4 is 15.4 Å². The van der Waals surface area contributed by atoms with Crippen LogP contribution in [0.4, 0.5) is 5.13 Å². The van der Waals surface area contributed by atoms with Crippen molar-refractivity contribution in [3.8, 4) is 5.75 Å². The number of thiazole rings is 1. The highest BCUT2D eigenvalue weighted by Crippen LogP contribution is 2.25. The molecule has 0 aliphatic carbocycles. The maximum Gasteiger partial charge on any atom is 0.267 e. The lowest BCUT2D eigenvalue weighted by Crippen LogP contribution is -2.29. The van der Waals surface area contributed by atoms with Crippen LogP contribution in [0.3, 0.4) is 0 Å². The maximum atomic E-state index is 12.5. The van der Waals surface area contributed by atoms with Crippen molar-refractivity contribution in [3.05, 3.63) is 54.2 Å². The van der Waals surface area contributed by atoms with Crippen molar-refractivity contribution in [2.45, 2.75) is 6.42 Å². The number of aromatic nitrogens is 2. The second kappa shape index (κ2) is 7.92. The molecule has 0 aliphatic rings. The van der Waals surface area contributed by atoms with E-state index in [1.807, 2.05) is 60.1 Å². The largest absolute Gasteiger partial charge is 0.497 e. The molecule has 0 fully saturated rings. The van der Waals surface area contributed by atoms with Crippen LogP contribution in [0.2, 0.25) is 0 Å². The molecule has 0 aliphatic heterocycles. The van der Waals surface area contributed by atoms with E-state index in [1.165, 1.54) is 11.3 Å². The van der Waals surface area contributed by atoms with Gasteiger partial charge in [0.15, 0.2) is 5.13 Å². The topological polar surface area (TPSA) is 85.2 Å². The first kappa shape index (κ1) is 18.9. The lowest BCUT2D eigenvalue weighted by molar-refractivity contribution is -0.116. The Hall–Kier alpha value is -3.39. The molecule has 7 nitrogen and oxygen atoms in total. The van der Waals surface area contributed by atoms with Gasteiger partial charge in [-0.3, -0.25) is 9.59 Å². The number of hydrogen-bond acceptors (Lipinski definition) is 5. The Bertz CT molecular complexity index is 1180. The summed E-state index contributed by atoms with van der Waals surface area (Å²) in [5, 5.41) is 7.07. The van der Waals surface area contributed by atoms with Crippen LogP contribution in [-0.4, -0.2) is 35.0 Å². The first-order valence-corrected chi connectivity index (χ1v) is 9.94. The number of hydrogen-bond donors (Lipinski definition) is 2. The molecular formula is C21H20N4O3S. The van der Waals surface area contributed by atoms with Gasteiger partial charge in [0, 0.05) is 30.9 Å². The van der Waals surface area contributed by atoms with E-state index >= 15 is 0 Å². The van der Waals surface area contributed by atoms with Gasteiger partial charge in [-0.05, 0) is 36.4 Å². The van der Waals surface area contributed by atoms with Crippen LogP contribution in [0.15, 0.2) is 48.5 Å². The van der Waals surface area contributed by atoms with Crippen LogP contribution in [0.1, 0.15) is 16.9 Å². The van der Waals surface area contributed by atoms with Gasteiger partial charge in [-0.2, -0.15) is 0 Å². The third kappa shape index (κ3) is 3.93. The van der Waals surface area contributed by atoms with Gasteiger partial charge in [-0.1, -0.05) is 23.5 Å². The highest BCUT2D eigenvalue weighted by molar-refractivity contribution is 7.22. The van der Waals surface area contributed by atoms with Gasteiger partial charge in [0.05, 0.1) is 17.3 Å². The quantitative estimate of drug-likeness (QED) is 0.511. The first-order valence-electron chi connectivity index (χ1n) is 9.12. The molecule has 0 radical (unpaired) electrons. The zero-order valence-electron chi connectivity index (χ0n) is 16.1. The number of benzene rings is 2. The number of fused-ring (bicyclic) bond motifs is 2. The molecule has 0 unspecified atom stereocenters. The zero-order chi connectivity index (χ0) is 20.4. The van der Waals surface area contributed by atoms with E-state index in [0.29, 0.717) is 10.8 Å². The van der Waals surface area contributed by atoms with Crippen molar-refractivity contribution in [2.24, 2.45) is 7.05 Å². The molecule has 2 aromatic carbocycles. The van der Waals surface area contributed by atoms with Crippen LogP contribution >= 0.6 is 11.3 Å². The van der Waals surface area contributed by atoms with Gasteiger partial charge >= 0.3 is 0 Å². The third-order valence-electron chi connectivity index (χ3n) is 4.66. The second-order valence-electron chi connectivity index (χ2n) is 6.55. The molecule has 2 heterocycles. The summed E-state index contributed by atoms with van der Waals surface area (Å²) in [5.74, 6) is 0.322. The Morgan fingerprint density at radius 2 is 2.00 bits per heavy atom. The molecule has 4 aromatic rings. The molecular weight excluding hydrogens is 388 g/mol. The molecule has 2 N–H and O–H groups in total. The van der Waals surface area contributed by atoms with E-state index < -0.39 is 0 Å². The van der Waals surface area contributed by atoms with Gasteiger partial charge in [0.1, 0.15) is 11.4 Å². The summed E-state index contributed by atoms with van der Waals surface area (Å²) in [6, 6.07) is 15.2. The minimum Gasteiger partial charge on any atom is -0.497 e. The van der Waals surface area contributed by atoms with E-state index in [-0.39, 0.29) is 24.8 Å². The fourth-order valence-corrected chi connectivity index (χ4v) is 4.04. The number of anilines is 1. The number of ether oxygens (including phenoxy) is 1. The molecule has 2 amide bonds. The number of rotatable bonds is 6. The van der Waals surface area contributed by atoms with Gasteiger partial charge in [-0.25, -0.2) is 4.98 Å². The molecule has 0 saturated heterocycles. The maximum absolute atomic E-state index is 12.5. The first-order chi connectivity index (χ1) is 14.0. The lowest BCUT2D eigenvalue weighted by atomic mass is 10.2. The molecule has 148 valence electrons. The van der Waals surface area contributed by atoms with E-state index in [0.717, 1.165) is 26.9 Å². The molecule has 0 bridgehead atoms. The molecule has 29 heavy (non-hydrogen) atoms. The number of carbonyl (C=O) groups excluding carboxylic acids is 2. The Morgan fingerprint density at radius 3 is 2.79 bits per heavy atom. The van der Waals surface area contributed by atoms with E-state index in [2.05, 4.69) is 15.6 Å². The summed E-state index contributed by atoms with van der Waals surface area (Å²) in [7, 11) is 3.45. The Labute approximate surface area is 171 Å². The smallest absolute Gasteiger partial charge is 0.267 e. The van der Waals surface area contributed by atoms with Crippen LogP contribution in [0, 0.1) is 0 Å². The summed E-state index contributed by atoms with van der Waals surface area (Å²) in [6.07, 6.45) is 0.166. The number of nitrogens with zero attached hydrogens (tertiary/aromatic N) is 2. The highest BCUT2D eigenvalue weighted by atomic mass is 32.1. The van der Waals surface area contributed by atoms with E-state index in [9.17, 15) is 9.59 Å². The second-order valence-corrected chi connectivity index (χ2v) is 7.58. The van der Waals surface area contributed by atoms with Crippen LogP contribution in [0.5, 0.6) is 5.75 Å². The third-order valence-corrected chi connectivity index (χ3v) is 5.61. The summed E-state index contributed by atoms with van der Waals surface area (Å²) in [6.45, 7) is 0.237. The number of aryl methyl sites for hydroxylation is 1. The zero-order valence-corrected chi connectivity index (χ0v) is 16.9. The van der Waals surface area contributed by atoms with E-state index in [1.54, 1.807) is 7.11 Å². The van der Waals surface area contributed by atoms with Gasteiger partial charge < -0.3 is 19.9 Å². The molecule has 8 heteroatoms. The van der Waals surface area contributed by atoms with Gasteiger partial charge in [0.25, 0.3) is 5.91 Å². The van der Waals surface area contributed by atoms with Crippen molar-refractivity contribution in [1.29, 1.82) is 0 Å². The lowest BCUT2D eigenvalue weighted by Gasteiger charge is -2.06. The molecule has 2 aromatic heterocycles. The normalized spacial score (nSPS) is 11.0. The van der Waals surface area contributed by atoms with Gasteiger partial charge in [-0.15, -0.1) is 0 Å². The Kier molecular flexibility index (Phi) is 5.18. The summed E-state index contributed by atoms with van der Waals surface area (Å²) in [5.41, 5.74) is 2.32. The number of amides is 2. The predicted molar refractivity (Wildman–Crippen MR) is 115 cm³/mol. The SMILES string of the molecule is COc1ccc2c(c1)cc(C(=O)NCCC(=O)Nc1nc3ccccc3s1)n2C. The minimum atomic E-state index is -0.226. The molecule has 0 saturated carbocycles. The average molecular weight is 408 g/mol. The van der Waals surface area contributed by atoms with Crippen molar-refractivity contribution < 1.29 is 14.3 Å². The number of para-hydroxylation sites is 1. The number of nitrogens with one attached hydrogen (secondary N) is 2. The van der Waals surface area contributed by atoms with Crippen molar-refractivity contribution in [3.63, 3.8) is 0 Å². The van der Waals surface area contributed by atoms with Crippen molar-refractivity contribution >= 4 is 49.4 Å². The van der Waals surface area contributed by atoms with Crippen molar-refractivity contribution in [2.75, 3.05) is 19.0 Å². The van der Waals surface area contributed by atoms with Crippen molar-refractivity contribution in [1.82, 2.24) is 14.9 Å². The monoisotopic (exact) mass is 408 g/mol. The number of carbonyl (C=O) groups is 2. The molecule has 0 spiro atoms. The molecule has 4 rings (SSSR count). The fourth-order valence-electron chi connectivity index (χ4n) is 3.16. The standard InChI is InChI=1S/C21H20N4O3S/c1-25-16-8-7-14(28-2)11-13(16)12-17(25)20(27)22-10-9-19(26)24-21-23-15-5-3-4-6-18(15)29-21/h3-8,11-12H,9-10H2,1-2H3,(H,22,27)(H,23,24,26). The predicted octanol–water partition coefficient (Wildman–Crippen LogP) is 3.56.